The Hall–Kier alpha value is -6.46. The van der Waals surface area contributed by atoms with Gasteiger partial charge in [-0.15, -0.1) is 5.10 Å². The molecule has 77 heavy (non-hydrogen) atoms. The molecule has 15 nitrogen and oxygen atoms in total. The number of piperidine rings is 2. The Labute approximate surface area is 437 Å². The van der Waals surface area contributed by atoms with Crippen LogP contribution in [0.5, 0.6) is 23.5 Å². The summed E-state index contributed by atoms with van der Waals surface area (Å²) in [6, 6.07) is 6.51. The smallest absolute Gasteiger partial charge is 0.419 e. The molecular weight excluding hydrogens is 1120 g/mol. The van der Waals surface area contributed by atoms with Gasteiger partial charge in [0.25, 0.3) is 0 Å². The fraction of sp³-hybridized carbons (Fsp3) is 0.489. The molecule has 4 atom stereocenters. The molecule has 0 spiro atoms. The summed E-state index contributed by atoms with van der Waals surface area (Å²) in [5.74, 6) is -0.181. The highest BCUT2D eigenvalue weighted by atomic mass is 79.9. The molecule has 416 valence electrons. The van der Waals surface area contributed by atoms with Gasteiger partial charge in [0.05, 0.1) is 11.1 Å². The minimum absolute atomic E-state index is 0.107. The molecular formula is C47H46BrF14N13O2. The Kier molecular flexibility index (Phi) is 16.6. The summed E-state index contributed by atoms with van der Waals surface area (Å²) in [6.45, 7) is 4.36. The van der Waals surface area contributed by atoms with Gasteiger partial charge in [0.15, 0.2) is 5.82 Å². The zero-order chi connectivity index (χ0) is 55.8. The first kappa shape index (κ1) is 56.7. The molecule has 2 saturated carbocycles. The molecule has 4 bridgehead atoms. The van der Waals surface area contributed by atoms with Crippen molar-refractivity contribution in [3.63, 3.8) is 0 Å². The molecule has 2 N–H and O–H groups in total. The first-order valence-electron chi connectivity index (χ1n) is 23.6. The van der Waals surface area contributed by atoms with Gasteiger partial charge >= 0.3 is 36.7 Å². The van der Waals surface area contributed by atoms with Gasteiger partial charge in [0.2, 0.25) is 4.73 Å². The lowest BCUT2D eigenvalue weighted by atomic mass is 9.82. The van der Waals surface area contributed by atoms with E-state index in [1.807, 2.05) is 19.9 Å². The zero-order valence-electron chi connectivity index (χ0n) is 40.4. The molecule has 0 radical (unpaired) electrons. The summed E-state index contributed by atoms with van der Waals surface area (Å²) in [4.78, 5) is 29.1. The summed E-state index contributed by atoms with van der Waals surface area (Å²) < 4.78 is 191. The molecule has 2 saturated heterocycles. The Morgan fingerprint density at radius 2 is 0.987 bits per heavy atom. The number of fused-ring (bicyclic) bond motifs is 4. The van der Waals surface area contributed by atoms with Crippen molar-refractivity contribution in [2.24, 2.45) is 35.3 Å². The van der Waals surface area contributed by atoms with Crippen molar-refractivity contribution >= 4 is 27.6 Å². The summed E-state index contributed by atoms with van der Waals surface area (Å²) in [7, 11) is 0. The molecule has 6 heterocycles. The summed E-state index contributed by atoms with van der Waals surface area (Å²) in [5, 5.41) is 7.35. The first-order valence-corrected chi connectivity index (χ1v) is 24.4. The molecule has 4 aromatic heterocycles. The van der Waals surface area contributed by atoms with Crippen molar-refractivity contribution in [2.75, 3.05) is 36.0 Å². The normalized spacial score (nSPS) is 21.3. The fourth-order valence-electron chi connectivity index (χ4n) is 9.98. The number of aromatic nitrogens is 10. The highest BCUT2D eigenvalue weighted by Gasteiger charge is 2.44. The lowest BCUT2D eigenvalue weighted by molar-refractivity contribution is -0.144. The number of rotatable bonds is 10. The van der Waals surface area contributed by atoms with Crippen molar-refractivity contribution in [1.29, 1.82) is 0 Å². The van der Waals surface area contributed by atoms with Gasteiger partial charge in [-0.2, -0.15) is 67.8 Å². The van der Waals surface area contributed by atoms with Crippen LogP contribution in [0.4, 0.5) is 73.1 Å². The summed E-state index contributed by atoms with van der Waals surface area (Å²) >= 11 is 2.73. The highest BCUT2D eigenvalue weighted by molar-refractivity contribution is 9.10. The van der Waals surface area contributed by atoms with Crippen LogP contribution in [0.3, 0.4) is 0 Å². The second-order valence-corrected chi connectivity index (χ2v) is 19.7. The van der Waals surface area contributed by atoms with Gasteiger partial charge < -0.3 is 25.0 Å². The minimum atomic E-state index is -5.01. The summed E-state index contributed by atoms with van der Waals surface area (Å²) in [6.07, 6.45) is -11.4. The third-order valence-corrected chi connectivity index (χ3v) is 13.8. The number of ether oxygens (including phenoxy) is 2. The molecule has 4 unspecified atom stereocenters. The molecule has 0 amide bonds. The van der Waals surface area contributed by atoms with Crippen LogP contribution in [0.15, 0.2) is 65.9 Å². The fourth-order valence-corrected chi connectivity index (χ4v) is 10.3. The zero-order valence-corrected chi connectivity index (χ0v) is 42.0. The Bertz CT molecular complexity index is 2980. The van der Waals surface area contributed by atoms with Crippen molar-refractivity contribution < 1.29 is 70.9 Å². The molecule has 2 aliphatic heterocycles. The van der Waals surface area contributed by atoms with Gasteiger partial charge in [-0.25, -0.2) is 38.1 Å². The predicted octanol–water partition coefficient (Wildman–Crippen LogP) is 11.1. The number of nitrogens with zero attached hydrogens (tertiary/aromatic N) is 12. The van der Waals surface area contributed by atoms with E-state index in [0.29, 0.717) is 57.9 Å². The van der Waals surface area contributed by atoms with Crippen LogP contribution < -0.4 is 25.0 Å². The lowest BCUT2D eigenvalue weighted by Gasteiger charge is -2.38. The average Bonchev–Trinajstić information content (AvgIpc) is 4.00. The van der Waals surface area contributed by atoms with E-state index in [1.165, 1.54) is 19.2 Å². The maximum atomic E-state index is 13.6. The number of alkyl halides is 12. The van der Waals surface area contributed by atoms with Gasteiger partial charge in [0.1, 0.15) is 60.5 Å². The minimum Gasteiger partial charge on any atom is -0.424 e. The van der Waals surface area contributed by atoms with Crippen LogP contribution in [0, 0.1) is 55.1 Å². The summed E-state index contributed by atoms with van der Waals surface area (Å²) in [5.41, 5.74) is 4.86. The van der Waals surface area contributed by atoms with E-state index >= 15 is 0 Å². The number of benzene rings is 2. The van der Waals surface area contributed by atoms with Crippen LogP contribution >= 0.6 is 15.9 Å². The van der Waals surface area contributed by atoms with Crippen molar-refractivity contribution in [2.45, 2.75) is 89.8 Å². The SMILES string of the molecule is Cc1cc(N2CC3CCC(C2)C3Cc2nc(Oc3ccc(F)c(C(F)(F)F)c3)n(CC(F)(F)F)n2)ncn1.Cc1cc(N2CC3CCC(C2)C3N)ncn1.Fc1ccc(Oc2nc(Br)nn2CC(F)(F)F)cc1C(F)(F)F. The van der Waals surface area contributed by atoms with E-state index in [0.717, 1.165) is 74.2 Å². The van der Waals surface area contributed by atoms with E-state index < -0.39 is 84.1 Å². The predicted molar refractivity (Wildman–Crippen MR) is 248 cm³/mol. The number of halogens is 15. The van der Waals surface area contributed by atoms with Gasteiger partial charge in [-0.05, 0) is 121 Å². The molecule has 2 aliphatic carbocycles. The number of hydrogen-bond acceptors (Lipinski definition) is 13. The Morgan fingerprint density at radius 3 is 1.42 bits per heavy atom. The van der Waals surface area contributed by atoms with E-state index in [2.05, 4.69) is 71.9 Å². The maximum absolute atomic E-state index is 13.6. The van der Waals surface area contributed by atoms with Crippen molar-refractivity contribution in [1.82, 2.24) is 49.5 Å². The number of nitrogens with two attached hydrogens (primary N) is 1. The van der Waals surface area contributed by atoms with E-state index in [-0.39, 0.29) is 28.3 Å². The van der Waals surface area contributed by atoms with Crippen LogP contribution in [0.2, 0.25) is 0 Å². The highest BCUT2D eigenvalue weighted by Crippen LogP contribution is 2.45. The number of aryl methyl sites for hydroxylation is 2. The van der Waals surface area contributed by atoms with Crippen LogP contribution in [-0.2, 0) is 31.9 Å². The monoisotopic (exact) mass is 1170 g/mol. The Morgan fingerprint density at radius 1 is 0.571 bits per heavy atom. The molecule has 4 aliphatic rings. The maximum Gasteiger partial charge on any atom is 0.419 e. The average molecular weight is 1170 g/mol. The molecule has 30 heteroatoms. The Balaban J connectivity index is 0.000000170. The largest absolute Gasteiger partial charge is 0.424 e. The van der Waals surface area contributed by atoms with E-state index in [4.69, 9.17) is 15.2 Å². The van der Waals surface area contributed by atoms with Crippen LogP contribution in [0.1, 0.15) is 54.0 Å². The molecule has 10 rings (SSSR count). The second-order valence-electron chi connectivity index (χ2n) is 19.0. The van der Waals surface area contributed by atoms with Crippen molar-refractivity contribution in [3.8, 4) is 23.5 Å². The quantitative estimate of drug-likeness (QED) is 0.129. The topological polar surface area (TPSA) is 164 Å². The molecule has 6 aromatic rings. The standard InChI is InChI=1S/C24H23F7N6O.C12H18N4.C11H5BrF7N3O/c1-13-6-21(33-12-32-13)36-9-14-2-3-15(10-36)17(14)8-20-34-22(37(35-20)11-23(26,27)28)38-16-4-5-19(25)18(7-16)24(29,30)31;1-8-4-11(15-7-14-8)16-5-9-2-3-10(6-16)12(9)13;12-8-20-9(22(21-8)4-10(14,15)16)23-5-1-2-7(13)6(3-5)11(17,18)19/h4-7,12,14-15,17H,2-3,8-11H2,1H3;4,7,9-10,12H,2-3,5-6,13H2,1H3;1-3H,4H2. The molecule has 4 fully saturated rings. The second kappa shape index (κ2) is 22.5. The van der Waals surface area contributed by atoms with Gasteiger partial charge in [-0.3, -0.25) is 0 Å². The molecule has 2 aromatic carbocycles. The van der Waals surface area contributed by atoms with Gasteiger partial charge in [0, 0.05) is 62.2 Å². The third-order valence-electron chi connectivity index (χ3n) is 13.4. The van der Waals surface area contributed by atoms with E-state index in [1.54, 1.807) is 6.33 Å². The third kappa shape index (κ3) is 14.6. The van der Waals surface area contributed by atoms with Crippen LogP contribution in [-0.4, -0.2) is 94.0 Å². The lowest BCUT2D eigenvalue weighted by Crippen LogP contribution is -2.49. The van der Waals surface area contributed by atoms with Crippen LogP contribution in [0.25, 0.3) is 0 Å². The van der Waals surface area contributed by atoms with Gasteiger partial charge in [-0.1, -0.05) is 0 Å². The number of hydrogen-bond donors (Lipinski definition) is 1. The van der Waals surface area contributed by atoms with Crippen molar-refractivity contribution in [3.05, 3.63) is 106 Å². The van der Waals surface area contributed by atoms with E-state index in [9.17, 15) is 61.5 Å². The first-order chi connectivity index (χ1) is 36.0. The number of anilines is 2.